The van der Waals surface area contributed by atoms with E-state index in [1.807, 2.05) is 42.5 Å². The van der Waals surface area contributed by atoms with Gasteiger partial charge in [0.25, 0.3) is 10.9 Å². The van der Waals surface area contributed by atoms with E-state index in [9.17, 15) is 10.1 Å². The molecule has 0 spiro atoms. The molecule has 2 aromatic heterocycles. The molecular weight excluding hydrogens is 376 g/mol. The Bertz CT molecular complexity index is 1100. The first-order valence-corrected chi connectivity index (χ1v) is 9.38. The Hall–Kier alpha value is -3.52. The van der Waals surface area contributed by atoms with Gasteiger partial charge in [-0.15, -0.1) is 10.2 Å². The smallest absolute Gasteiger partial charge is 0.277 e. The van der Waals surface area contributed by atoms with Crippen molar-refractivity contribution >= 4 is 17.4 Å². The lowest BCUT2D eigenvalue weighted by Gasteiger charge is -2.04. The number of rotatable bonds is 6. The number of thioether (sulfide) groups is 1. The van der Waals surface area contributed by atoms with Crippen LogP contribution < -0.4 is 0 Å². The highest BCUT2D eigenvalue weighted by molar-refractivity contribution is 7.98. The van der Waals surface area contributed by atoms with Crippen molar-refractivity contribution in [1.82, 2.24) is 15.2 Å². The number of nitrogens with zero attached hydrogens (tertiary/aromatic N) is 4. The standard InChI is InChI=1S/C20H14N4O3S/c25-24(26)18-3-1-2-17(12-18)15-6-4-14(5-7-15)13-28-20-23-22-19(27-20)16-8-10-21-11-9-16/h1-12H,13H2. The number of pyridine rings is 1. The molecule has 0 saturated carbocycles. The molecule has 28 heavy (non-hydrogen) atoms. The van der Waals surface area contributed by atoms with E-state index >= 15 is 0 Å². The summed E-state index contributed by atoms with van der Waals surface area (Å²) < 4.78 is 5.67. The first-order chi connectivity index (χ1) is 13.7. The van der Waals surface area contributed by atoms with Gasteiger partial charge in [0, 0.05) is 35.8 Å². The van der Waals surface area contributed by atoms with Crippen LogP contribution >= 0.6 is 11.8 Å². The van der Waals surface area contributed by atoms with Crippen molar-refractivity contribution in [3.05, 3.63) is 88.7 Å². The zero-order valence-electron chi connectivity index (χ0n) is 14.6. The van der Waals surface area contributed by atoms with Gasteiger partial charge in [-0.3, -0.25) is 15.1 Å². The molecular formula is C20H14N4O3S. The summed E-state index contributed by atoms with van der Waals surface area (Å²) in [6, 6.07) is 18.1. The third-order valence-electron chi connectivity index (χ3n) is 4.04. The Morgan fingerprint density at radius 1 is 0.929 bits per heavy atom. The minimum Gasteiger partial charge on any atom is -0.411 e. The van der Waals surface area contributed by atoms with Gasteiger partial charge in [-0.2, -0.15) is 0 Å². The lowest BCUT2D eigenvalue weighted by Crippen LogP contribution is -1.88. The molecule has 0 radical (unpaired) electrons. The fraction of sp³-hybridized carbons (Fsp3) is 0.0500. The first-order valence-electron chi connectivity index (χ1n) is 8.39. The van der Waals surface area contributed by atoms with Crippen molar-refractivity contribution in [3.8, 4) is 22.6 Å². The van der Waals surface area contributed by atoms with E-state index < -0.39 is 0 Å². The summed E-state index contributed by atoms with van der Waals surface area (Å²) in [5.41, 5.74) is 3.74. The monoisotopic (exact) mass is 390 g/mol. The molecule has 2 heterocycles. The van der Waals surface area contributed by atoms with Gasteiger partial charge in [-0.05, 0) is 28.8 Å². The van der Waals surface area contributed by atoms with Gasteiger partial charge in [0.1, 0.15) is 0 Å². The number of nitro groups is 1. The molecule has 8 heteroatoms. The van der Waals surface area contributed by atoms with Crippen LogP contribution in [0.1, 0.15) is 5.56 Å². The molecule has 7 nitrogen and oxygen atoms in total. The Balaban J connectivity index is 1.42. The molecule has 0 bridgehead atoms. The van der Waals surface area contributed by atoms with Crippen LogP contribution in [0.5, 0.6) is 0 Å². The van der Waals surface area contributed by atoms with Gasteiger partial charge in [-0.1, -0.05) is 48.2 Å². The Morgan fingerprint density at radius 2 is 1.71 bits per heavy atom. The van der Waals surface area contributed by atoms with Crippen LogP contribution in [0.25, 0.3) is 22.6 Å². The minimum atomic E-state index is -0.390. The Kier molecular flexibility index (Phi) is 5.11. The second-order valence-electron chi connectivity index (χ2n) is 5.90. The summed E-state index contributed by atoms with van der Waals surface area (Å²) in [4.78, 5) is 14.5. The molecule has 0 amide bonds. The van der Waals surface area contributed by atoms with Crippen LogP contribution in [-0.4, -0.2) is 20.1 Å². The van der Waals surface area contributed by atoms with Gasteiger partial charge in [-0.25, -0.2) is 0 Å². The zero-order chi connectivity index (χ0) is 19.3. The van der Waals surface area contributed by atoms with Crippen LogP contribution in [0.2, 0.25) is 0 Å². The van der Waals surface area contributed by atoms with Gasteiger partial charge in [0.15, 0.2) is 0 Å². The number of hydrogen-bond donors (Lipinski definition) is 0. The summed E-state index contributed by atoms with van der Waals surface area (Å²) in [7, 11) is 0. The number of hydrogen-bond acceptors (Lipinski definition) is 7. The number of non-ortho nitro benzene ring substituents is 1. The number of benzene rings is 2. The largest absolute Gasteiger partial charge is 0.411 e. The molecule has 4 aromatic rings. The van der Waals surface area contributed by atoms with Crippen molar-refractivity contribution in [2.75, 3.05) is 0 Å². The number of aromatic nitrogens is 3. The summed E-state index contributed by atoms with van der Waals surface area (Å²) >= 11 is 1.45. The zero-order valence-corrected chi connectivity index (χ0v) is 15.4. The van der Waals surface area contributed by atoms with Crippen molar-refractivity contribution < 1.29 is 9.34 Å². The lowest BCUT2D eigenvalue weighted by atomic mass is 10.0. The van der Waals surface area contributed by atoms with Crippen molar-refractivity contribution in [1.29, 1.82) is 0 Å². The number of nitro benzene ring substituents is 1. The fourth-order valence-corrected chi connectivity index (χ4v) is 3.34. The molecule has 2 aromatic carbocycles. The van der Waals surface area contributed by atoms with E-state index in [0.717, 1.165) is 22.3 Å². The maximum Gasteiger partial charge on any atom is 0.277 e. The van der Waals surface area contributed by atoms with E-state index in [4.69, 9.17) is 4.42 Å². The van der Waals surface area contributed by atoms with Gasteiger partial charge in [0.05, 0.1) is 4.92 Å². The summed E-state index contributed by atoms with van der Waals surface area (Å²) in [6.45, 7) is 0. The summed E-state index contributed by atoms with van der Waals surface area (Å²) in [6.07, 6.45) is 3.35. The lowest BCUT2D eigenvalue weighted by molar-refractivity contribution is -0.384. The molecule has 0 aliphatic carbocycles. The van der Waals surface area contributed by atoms with Crippen LogP contribution in [0, 0.1) is 10.1 Å². The van der Waals surface area contributed by atoms with Crippen LogP contribution in [0.3, 0.4) is 0 Å². The molecule has 0 aliphatic rings. The van der Waals surface area contributed by atoms with E-state index in [1.165, 1.54) is 17.8 Å². The first kappa shape index (κ1) is 17.9. The normalized spacial score (nSPS) is 10.7. The van der Waals surface area contributed by atoms with Crippen LogP contribution in [0.15, 0.2) is 82.7 Å². The highest BCUT2D eigenvalue weighted by atomic mass is 32.2. The predicted molar refractivity (Wildman–Crippen MR) is 106 cm³/mol. The highest BCUT2D eigenvalue weighted by Gasteiger charge is 2.10. The minimum absolute atomic E-state index is 0.0820. The van der Waals surface area contributed by atoms with Crippen LogP contribution in [-0.2, 0) is 5.75 Å². The van der Waals surface area contributed by atoms with Crippen molar-refractivity contribution in [2.24, 2.45) is 0 Å². The summed E-state index contributed by atoms with van der Waals surface area (Å²) in [5, 5.41) is 19.5. The molecule has 0 atom stereocenters. The predicted octanol–water partition coefficient (Wildman–Crippen LogP) is 5.00. The topological polar surface area (TPSA) is 95.0 Å². The average molecular weight is 390 g/mol. The second-order valence-corrected chi connectivity index (χ2v) is 6.83. The molecule has 0 aliphatic heterocycles. The highest BCUT2D eigenvalue weighted by Crippen LogP contribution is 2.28. The third kappa shape index (κ3) is 4.07. The average Bonchev–Trinajstić information content (AvgIpc) is 3.22. The molecule has 0 saturated heterocycles. The molecule has 4 rings (SSSR count). The van der Waals surface area contributed by atoms with E-state index in [1.54, 1.807) is 24.5 Å². The van der Waals surface area contributed by atoms with Crippen molar-refractivity contribution in [3.63, 3.8) is 0 Å². The molecule has 0 unspecified atom stereocenters. The van der Waals surface area contributed by atoms with Crippen LogP contribution in [0.4, 0.5) is 5.69 Å². The third-order valence-corrected chi connectivity index (χ3v) is 4.93. The SMILES string of the molecule is O=[N+]([O-])c1cccc(-c2ccc(CSc3nnc(-c4ccncc4)o3)cc2)c1. The van der Waals surface area contributed by atoms with Crippen molar-refractivity contribution in [2.45, 2.75) is 11.0 Å². The van der Waals surface area contributed by atoms with Gasteiger partial charge in [0.2, 0.25) is 5.89 Å². The Labute approximate surface area is 164 Å². The van der Waals surface area contributed by atoms with E-state index in [0.29, 0.717) is 16.9 Å². The van der Waals surface area contributed by atoms with E-state index in [2.05, 4.69) is 15.2 Å². The fourth-order valence-electron chi connectivity index (χ4n) is 2.62. The van der Waals surface area contributed by atoms with E-state index in [-0.39, 0.29) is 10.6 Å². The van der Waals surface area contributed by atoms with Gasteiger partial charge < -0.3 is 4.42 Å². The second kappa shape index (κ2) is 8.01. The quantitative estimate of drug-likeness (QED) is 0.260. The summed E-state index contributed by atoms with van der Waals surface area (Å²) in [5.74, 6) is 1.14. The molecule has 0 N–H and O–H groups in total. The maximum atomic E-state index is 10.9. The Morgan fingerprint density at radius 3 is 2.46 bits per heavy atom. The molecule has 138 valence electrons. The van der Waals surface area contributed by atoms with Gasteiger partial charge >= 0.3 is 0 Å². The maximum absolute atomic E-state index is 10.9. The molecule has 0 fully saturated rings.